The van der Waals surface area contributed by atoms with Crippen molar-refractivity contribution in [3.63, 3.8) is 0 Å². The maximum Gasteiger partial charge on any atom is 0.307 e. The monoisotopic (exact) mass is 291 g/mol. The van der Waals surface area contributed by atoms with Crippen LogP contribution in [0.2, 0.25) is 0 Å². The smallest absolute Gasteiger partial charge is 0.307 e. The van der Waals surface area contributed by atoms with Crippen LogP contribution >= 0.6 is 0 Å². The first kappa shape index (κ1) is 15.3. The second-order valence-corrected chi connectivity index (χ2v) is 5.13. The molecule has 0 saturated carbocycles. The van der Waals surface area contributed by atoms with Gasteiger partial charge in [-0.2, -0.15) is 5.11 Å². The van der Waals surface area contributed by atoms with Gasteiger partial charge < -0.3 is 5.11 Å². The van der Waals surface area contributed by atoms with Crippen molar-refractivity contribution < 1.29 is 14.3 Å². The van der Waals surface area contributed by atoms with Crippen molar-refractivity contribution in [2.45, 2.75) is 19.3 Å². The van der Waals surface area contributed by atoms with E-state index in [1.807, 2.05) is 37.3 Å². The van der Waals surface area contributed by atoms with Gasteiger partial charge in [0.2, 0.25) is 0 Å². The Morgan fingerprint density at radius 1 is 1.38 bits per heavy atom. The molecule has 1 aliphatic heterocycles. The molecule has 1 heterocycles. The lowest BCUT2D eigenvalue weighted by Gasteiger charge is -2.28. The average Bonchev–Trinajstić information content (AvgIpc) is 3.01. The summed E-state index contributed by atoms with van der Waals surface area (Å²) in [6.07, 6.45) is -0.0316. The number of benzene rings is 1. The normalized spacial score (nSPS) is 18.1. The van der Waals surface area contributed by atoms with Crippen molar-refractivity contribution in [1.82, 2.24) is 0 Å². The topological polar surface area (TPSA) is 74.4 Å². The highest BCUT2D eigenvalue weighted by Gasteiger charge is 2.37. The molecule has 2 rings (SSSR count). The van der Waals surface area contributed by atoms with Gasteiger partial charge in [0.05, 0.1) is 18.3 Å². The zero-order valence-corrected chi connectivity index (χ0v) is 11.8. The molecule has 0 amide bonds. The predicted octanol–water partition coefficient (Wildman–Crippen LogP) is 3.29. The Hall–Kier alpha value is -2.11. The van der Waals surface area contributed by atoms with E-state index in [9.17, 15) is 14.3 Å². The molecule has 0 spiro atoms. The summed E-state index contributed by atoms with van der Waals surface area (Å²) in [5.74, 6) is -2.33. The molecule has 21 heavy (non-hydrogen) atoms. The lowest BCUT2D eigenvalue weighted by molar-refractivity contribution is -0.143. The molecule has 0 saturated heterocycles. The third-order valence-corrected chi connectivity index (χ3v) is 3.89. The Labute approximate surface area is 122 Å². The third-order valence-electron chi connectivity index (χ3n) is 3.89. The molecule has 6 heteroatoms. The summed E-state index contributed by atoms with van der Waals surface area (Å²) in [4.78, 5) is 11.5. The molecule has 1 aromatic carbocycles. The number of carbonyl (C=O) groups is 1. The fraction of sp³-hybridized carbons (Fsp3) is 0.467. The quantitative estimate of drug-likeness (QED) is 0.837. The zero-order valence-electron chi connectivity index (χ0n) is 11.8. The SMILES string of the molecule is CC(c1ccccc1)[C@H](C1=NN=NC1)[C@H](CCF)C(=O)O. The molecule has 0 radical (unpaired) electrons. The van der Waals surface area contributed by atoms with E-state index in [0.717, 1.165) is 5.56 Å². The van der Waals surface area contributed by atoms with Crippen LogP contribution in [0.15, 0.2) is 45.8 Å². The first-order valence-corrected chi connectivity index (χ1v) is 6.92. The molecule has 3 atom stereocenters. The van der Waals surface area contributed by atoms with E-state index in [4.69, 9.17) is 0 Å². The van der Waals surface area contributed by atoms with E-state index in [1.165, 1.54) is 0 Å². The molecule has 1 aromatic rings. The molecular formula is C15H18FN3O2. The number of alkyl halides is 1. The van der Waals surface area contributed by atoms with Crippen LogP contribution in [-0.2, 0) is 4.79 Å². The molecule has 0 aliphatic carbocycles. The maximum absolute atomic E-state index is 12.8. The Bertz CT molecular complexity index is 545. The van der Waals surface area contributed by atoms with Gasteiger partial charge in [0.15, 0.2) is 0 Å². The van der Waals surface area contributed by atoms with Gasteiger partial charge in [0.1, 0.15) is 6.54 Å². The minimum Gasteiger partial charge on any atom is -0.481 e. The molecule has 0 aromatic heterocycles. The van der Waals surface area contributed by atoms with Crippen molar-refractivity contribution >= 4 is 11.7 Å². The first-order chi connectivity index (χ1) is 10.1. The van der Waals surface area contributed by atoms with E-state index in [1.54, 1.807) is 0 Å². The van der Waals surface area contributed by atoms with Crippen molar-refractivity contribution in [1.29, 1.82) is 0 Å². The van der Waals surface area contributed by atoms with Crippen LogP contribution in [0.1, 0.15) is 24.8 Å². The van der Waals surface area contributed by atoms with Crippen LogP contribution in [0.5, 0.6) is 0 Å². The summed E-state index contributed by atoms with van der Waals surface area (Å²) < 4.78 is 12.8. The average molecular weight is 291 g/mol. The van der Waals surface area contributed by atoms with Gasteiger partial charge in [0.25, 0.3) is 0 Å². The van der Waals surface area contributed by atoms with E-state index >= 15 is 0 Å². The largest absolute Gasteiger partial charge is 0.481 e. The number of carboxylic acid groups (broad SMARTS) is 1. The summed E-state index contributed by atoms with van der Waals surface area (Å²) >= 11 is 0. The van der Waals surface area contributed by atoms with E-state index in [-0.39, 0.29) is 18.9 Å². The van der Waals surface area contributed by atoms with E-state index < -0.39 is 24.5 Å². The van der Waals surface area contributed by atoms with Crippen molar-refractivity contribution in [2.24, 2.45) is 27.3 Å². The van der Waals surface area contributed by atoms with Crippen LogP contribution in [0, 0.1) is 11.8 Å². The van der Waals surface area contributed by atoms with Crippen LogP contribution in [0.3, 0.4) is 0 Å². The van der Waals surface area contributed by atoms with E-state index in [0.29, 0.717) is 5.71 Å². The lowest BCUT2D eigenvalue weighted by Crippen LogP contribution is -2.35. The molecular weight excluding hydrogens is 273 g/mol. The van der Waals surface area contributed by atoms with Gasteiger partial charge in [-0.05, 0) is 23.1 Å². The van der Waals surface area contributed by atoms with Crippen molar-refractivity contribution in [3.05, 3.63) is 35.9 Å². The minimum absolute atomic E-state index is 0.0316. The summed E-state index contributed by atoms with van der Waals surface area (Å²) in [5.41, 5.74) is 1.62. The summed E-state index contributed by atoms with van der Waals surface area (Å²) in [5, 5.41) is 20.8. The molecule has 0 fully saturated rings. The number of halogens is 1. The van der Waals surface area contributed by atoms with Gasteiger partial charge >= 0.3 is 5.97 Å². The van der Waals surface area contributed by atoms with Gasteiger partial charge in [-0.15, -0.1) is 5.10 Å². The highest BCUT2D eigenvalue weighted by molar-refractivity contribution is 5.93. The Balaban J connectivity index is 2.33. The molecule has 1 N–H and O–H groups in total. The number of hydrogen-bond donors (Lipinski definition) is 1. The molecule has 1 unspecified atom stereocenters. The second-order valence-electron chi connectivity index (χ2n) is 5.13. The van der Waals surface area contributed by atoms with Crippen LogP contribution < -0.4 is 0 Å². The second kappa shape index (κ2) is 7.06. The number of hydrogen-bond acceptors (Lipinski definition) is 4. The standard InChI is InChI=1S/C15H18FN3O2/c1-10(11-5-3-2-4-6-11)14(13-9-17-19-18-13)12(7-8-16)15(20)21/h2-6,10,12,14H,7-9H2,1H3,(H,20,21)/t10?,12-,14-/m0/s1. The van der Waals surface area contributed by atoms with Gasteiger partial charge in [-0.25, -0.2) is 0 Å². The van der Waals surface area contributed by atoms with Crippen LogP contribution in [-0.4, -0.2) is 30.0 Å². The van der Waals surface area contributed by atoms with Gasteiger partial charge in [0, 0.05) is 5.92 Å². The fourth-order valence-corrected chi connectivity index (χ4v) is 2.80. The predicted molar refractivity (Wildman–Crippen MR) is 77.2 cm³/mol. The highest BCUT2D eigenvalue weighted by Crippen LogP contribution is 2.34. The van der Waals surface area contributed by atoms with Gasteiger partial charge in [-0.3, -0.25) is 9.18 Å². The Morgan fingerprint density at radius 2 is 2.10 bits per heavy atom. The molecule has 5 nitrogen and oxygen atoms in total. The minimum atomic E-state index is -1.00. The highest BCUT2D eigenvalue weighted by atomic mass is 19.1. The third kappa shape index (κ3) is 3.51. The lowest BCUT2D eigenvalue weighted by atomic mass is 9.74. The zero-order chi connectivity index (χ0) is 15.2. The molecule has 0 bridgehead atoms. The van der Waals surface area contributed by atoms with Crippen LogP contribution in [0.25, 0.3) is 0 Å². The molecule has 1 aliphatic rings. The number of nitrogens with zero attached hydrogens (tertiary/aromatic N) is 3. The Kier molecular flexibility index (Phi) is 5.14. The maximum atomic E-state index is 12.8. The fourth-order valence-electron chi connectivity index (χ4n) is 2.80. The summed E-state index contributed by atoms with van der Waals surface area (Å²) in [6.45, 7) is 1.56. The number of rotatable bonds is 7. The van der Waals surface area contributed by atoms with Crippen LogP contribution in [0.4, 0.5) is 4.39 Å². The van der Waals surface area contributed by atoms with Crippen molar-refractivity contribution in [3.8, 4) is 0 Å². The summed E-state index contributed by atoms with van der Waals surface area (Å²) in [7, 11) is 0. The molecule has 112 valence electrons. The first-order valence-electron chi connectivity index (χ1n) is 6.92. The van der Waals surface area contributed by atoms with Gasteiger partial charge in [-0.1, -0.05) is 37.3 Å². The number of carboxylic acids is 1. The number of aliphatic carboxylic acids is 1. The summed E-state index contributed by atoms with van der Waals surface area (Å²) in [6, 6.07) is 9.59. The van der Waals surface area contributed by atoms with E-state index in [2.05, 4.69) is 15.4 Å². The van der Waals surface area contributed by atoms with Crippen molar-refractivity contribution in [2.75, 3.05) is 13.2 Å². The Morgan fingerprint density at radius 3 is 2.62 bits per heavy atom.